The SMILES string of the molecule is CCCCCCCCCCCCC/C=C/[C@@H](O)[C@H](CO)NC(=O)[C@H](C)O. The van der Waals surface area contributed by atoms with E-state index >= 15 is 0 Å². The van der Waals surface area contributed by atoms with E-state index in [0.29, 0.717) is 0 Å². The molecule has 5 heteroatoms. The van der Waals surface area contributed by atoms with E-state index in [1.165, 1.54) is 71.1 Å². The number of unbranched alkanes of at least 4 members (excludes halogenated alkanes) is 11. The highest BCUT2D eigenvalue weighted by Gasteiger charge is 2.20. The summed E-state index contributed by atoms with van der Waals surface area (Å²) in [5.74, 6) is -0.595. The molecule has 5 nitrogen and oxygen atoms in total. The van der Waals surface area contributed by atoms with Gasteiger partial charge in [-0.15, -0.1) is 0 Å². The fourth-order valence-corrected chi connectivity index (χ4v) is 2.84. The zero-order valence-electron chi connectivity index (χ0n) is 16.8. The van der Waals surface area contributed by atoms with Crippen LogP contribution in [0.15, 0.2) is 12.2 Å². The van der Waals surface area contributed by atoms with Crippen LogP contribution >= 0.6 is 0 Å². The van der Waals surface area contributed by atoms with Crippen LogP contribution in [0.3, 0.4) is 0 Å². The summed E-state index contributed by atoms with van der Waals surface area (Å²) in [5, 5.41) is 30.8. The van der Waals surface area contributed by atoms with Gasteiger partial charge in [-0.3, -0.25) is 4.79 Å². The zero-order valence-corrected chi connectivity index (χ0v) is 16.8. The summed E-state index contributed by atoms with van der Waals surface area (Å²) in [7, 11) is 0. The number of carbonyl (C=O) groups excluding carboxylic acids is 1. The number of hydrogen-bond acceptors (Lipinski definition) is 4. The fraction of sp³-hybridized carbons (Fsp3) is 0.857. The maximum atomic E-state index is 11.4. The van der Waals surface area contributed by atoms with Gasteiger partial charge in [0.2, 0.25) is 5.91 Å². The Balaban J connectivity index is 3.62. The molecule has 0 rings (SSSR count). The molecular weight excluding hydrogens is 330 g/mol. The lowest BCUT2D eigenvalue weighted by Gasteiger charge is -2.20. The second kappa shape index (κ2) is 17.5. The summed E-state index contributed by atoms with van der Waals surface area (Å²) in [5.41, 5.74) is 0. The largest absolute Gasteiger partial charge is 0.394 e. The summed E-state index contributed by atoms with van der Waals surface area (Å²) in [4.78, 5) is 11.4. The number of allylic oxidation sites excluding steroid dienone is 1. The molecule has 0 unspecified atom stereocenters. The van der Waals surface area contributed by atoms with E-state index in [0.717, 1.165) is 12.8 Å². The molecule has 0 aliphatic carbocycles. The van der Waals surface area contributed by atoms with E-state index in [2.05, 4.69) is 12.2 Å². The minimum Gasteiger partial charge on any atom is -0.394 e. The summed E-state index contributed by atoms with van der Waals surface area (Å²) in [6.45, 7) is 3.22. The molecule has 0 aromatic carbocycles. The maximum Gasteiger partial charge on any atom is 0.248 e. The molecular formula is C21H41NO4. The first-order valence-electron chi connectivity index (χ1n) is 10.5. The molecule has 0 spiro atoms. The highest BCUT2D eigenvalue weighted by atomic mass is 16.3. The third-order valence-electron chi connectivity index (χ3n) is 4.62. The Kier molecular flexibility index (Phi) is 16.9. The van der Waals surface area contributed by atoms with Crippen LogP contribution in [0, 0.1) is 0 Å². The lowest BCUT2D eigenvalue weighted by Crippen LogP contribution is -2.48. The molecule has 154 valence electrons. The van der Waals surface area contributed by atoms with Gasteiger partial charge in [0, 0.05) is 0 Å². The molecule has 0 aliphatic heterocycles. The summed E-state index contributed by atoms with van der Waals surface area (Å²) >= 11 is 0. The maximum absolute atomic E-state index is 11.4. The minimum atomic E-state index is -1.16. The average molecular weight is 372 g/mol. The number of rotatable bonds is 17. The van der Waals surface area contributed by atoms with Gasteiger partial charge in [0.25, 0.3) is 0 Å². The Morgan fingerprint density at radius 3 is 1.88 bits per heavy atom. The molecule has 3 atom stereocenters. The lowest BCUT2D eigenvalue weighted by atomic mass is 10.0. The molecule has 26 heavy (non-hydrogen) atoms. The van der Waals surface area contributed by atoms with E-state index in [1.807, 2.05) is 6.08 Å². The van der Waals surface area contributed by atoms with Crippen molar-refractivity contribution in [2.75, 3.05) is 6.61 Å². The van der Waals surface area contributed by atoms with Crippen LogP contribution in [0.4, 0.5) is 0 Å². The van der Waals surface area contributed by atoms with Crippen LogP contribution in [0.5, 0.6) is 0 Å². The Morgan fingerprint density at radius 1 is 0.923 bits per heavy atom. The van der Waals surface area contributed by atoms with Crippen molar-refractivity contribution < 1.29 is 20.1 Å². The standard InChI is InChI=1S/C21H41NO4/c1-3-4-5-6-7-8-9-10-11-12-13-14-15-16-20(25)19(17-23)22-21(26)18(2)24/h15-16,18-20,23-25H,3-14,17H2,1-2H3,(H,22,26)/b16-15+/t18-,19-,20+/m0/s1. The van der Waals surface area contributed by atoms with Crippen LogP contribution in [0.2, 0.25) is 0 Å². The van der Waals surface area contributed by atoms with Crippen molar-refractivity contribution in [2.45, 2.75) is 109 Å². The van der Waals surface area contributed by atoms with Crippen molar-refractivity contribution in [2.24, 2.45) is 0 Å². The molecule has 0 aromatic heterocycles. The van der Waals surface area contributed by atoms with Crippen molar-refractivity contribution in [3.63, 3.8) is 0 Å². The van der Waals surface area contributed by atoms with E-state index in [9.17, 15) is 15.0 Å². The number of aliphatic hydroxyl groups excluding tert-OH is 3. The van der Waals surface area contributed by atoms with Crippen LogP contribution in [-0.2, 0) is 4.79 Å². The third kappa shape index (κ3) is 14.3. The highest BCUT2D eigenvalue weighted by molar-refractivity contribution is 5.80. The molecule has 0 aliphatic rings. The van der Waals surface area contributed by atoms with Crippen molar-refractivity contribution in [1.29, 1.82) is 0 Å². The predicted molar refractivity (Wildman–Crippen MR) is 107 cm³/mol. The van der Waals surface area contributed by atoms with E-state index in [-0.39, 0.29) is 6.61 Å². The third-order valence-corrected chi connectivity index (χ3v) is 4.62. The Morgan fingerprint density at radius 2 is 1.42 bits per heavy atom. The van der Waals surface area contributed by atoms with Crippen molar-refractivity contribution in [1.82, 2.24) is 5.32 Å². The molecule has 0 bridgehead atoms. The van der Waals surface area contributed by atoms with Gasteiger partial charge >= 0.3 is 0 Å². The molecule has 0 saturated heterocycles. The molecule has 0 radical (unpaired) electrons. The first-order valence-corrected chi connectivity index (χ1v) is 10.5. The van der Waals surface area contributed by atoms with Crippen LogP contribution in [-0.4, -0.2) is 46.1 Å². The summed E-state index contributed by atoms with van der Waals surface area (Å²) in [6, 6.07) is -0.786. The van der Waals surface area contributed by atoms with Gasteiger partial charge < -0.3 is 20.6 Å². The molecule has 0 heterocycles. The van der Waals surface area contributed by atoms with E-state index in [1.54, 1.807) is 6.08 Å². The first-order chi connectivity index (χ1) is 12.5. The topological polar surface area (TPSA) is 89.8 Å². The van der Waals surface area contributed by atoms with Crippen molar-refractivity contribution in [3.8, 4) is 0 Å². The molecule has 0 aromatic rings. The number of aliphatic hydroxyl groups is 3. The Labute approximate surface area is 159 Å². The number of amides is 1. The molecule has 1 amide bonds. The Bertz CT molecular complexity index is 358. The second-order valence-corrected chi connectivity index (χ2v) is 7.22. The number of nitrogens with one attached hydrogen (secondary N) is 1. The average Bonchev–Trinajstić information content (AvgIpc) is 2.62. The smallest absolute Gasteiger partial charge is 0.248 e. The number of hydrogen-bond donors (Lipinski definition) is 4. The summed E-state index contributed by atoms with van der Waals surface area (Å²) in [6.07, 6.45) is 16.6. The fourth-order valence-electron chi connectivity index (χ4n) is 2.84. The van der Waals surface area contributed by atoms with Gasteiger partial charge in [-0.2, -0.15) is 0 Å². The quantitative estimate of drug-likeness (QED) is 0.233. The minimum absolute atomic E-state index is 0.373. The lowest BCUT2D eigenvalue weighted by molar-refractivity contribution is -0.130. The van der Waals surface area contributed by atoms with Gasteiger partial charge in [-0.25, -0.2) is 0 Å². The zero-order chi connectivity index (χ0) is 19.6. The monoisotopic (exact) mass is 371 g/mol. The molecule has 0 saturated carbocycles. The van der Waals surface area contributed by atoms with Gasteiger partial charge in [-0.05, 0) is 19.8 Å². The summed E-state index contributed by atoms with van der Waals surface area (Å²) < 4.78 is 0. The van der Waals surface area contributed by atoms with Gasteiger partial charge in [0.05, 0.1) is 18.8 Å². The van der Waals surface area contributed by atoms with Crippen LogP contribution < -0.4 is 5.32 Å². The molecule has 0 fully saturated rings. The highest BCUT2D eigenvalue weighted by Crippen LogP contribution is 2.12. The number of carbonyl (C=O) groups is 1. The van der Waals surface area contributed by atoms with E-state index in [4.69, 9.17) is 5.11 Å². The van der Waals surface area contributed by atoms with Crippen molar-refractivity contribution >= 4 is 5.91 Å². The second-order valence-electron chi connectivity index (χ2n) is 7.22. The van der Waals surface area contributed by atoms with Crippen LogP contribution in [0.1, 0.15) is 90.9 Å². The van der Waals surface area contributed by atoms with Gasteiger partial charge in [-0.1, -0.05) is 83.3 Å². The Hall–Kier alpha value is -0.910. The van der Waals surface area contributed by atoms with Crippen molar-refractivity contribution in [3.05, 3.63) is 12.2 Å². The normalized spacial score (nSPS) is 15.1. The first kappa shape index (κ1) is 25.1. The van der Waals surface area contributed by atoms with Gasteiger partial charge in [0.1, 0.15) is 6.10 Å². The molecule has 4 N–H and O–H groups in total. The van der Waals surface area contributed by atoms with Crippen LogP contribution in [0.25, 0.3) is 0 Å². The van der Waals surface area contributed by atoms with E-state index < -0.39 is 24.2 Å². The predicted octanol–water partition coefficient (Wildman–Crippen LogP) is 3.46. The van der Waals surface area contributed by atoms with Gasteiger partial charge in [0.15, 0.2) is 0 Å².